The Balaban J connectivity index is 1.38. The van der Waals surface area contributed by atoms with E-state index in [9.17, 15) is 9.18 Å². The van der Waals surface area contributed by atoms with Crippen molar-refractivity contribution in [2.75, 3.05) is 5.75 Å². The highest BCUT2D eigenvalue weighted by molar-refractivity contribution is 7.99. The second kappa shape index (κ2) is 8.78. The Hall–Kier alpha value is -2.02. The number of oxazole rings is 1. The number of carbonyl (C=O) groups is 1. The van der Waals surface area contributed by atoms with Gasteiger partial charge in [0, 0.05) is 34.1 Å². The summed E-state index contributed by atoms with van der Waals surface area (Å²) < 4.78 is 19.3. The number of thioether (sulfide) groups is 1. The van der Waals surface area contributed by atoms with Gasteiger partial charge in [0.1, 0.15) is 5.82 Å². The molecule has 0 saturated carbocycles. The highest BCUT2D eigenvalue weighted by Gasteiger charge is 2.23. The molecule has 2 aromatic carbocycles. The lowest BCUT2D eigenvalue weighted by Gasteiger charge is -2.26. The number of hydrogen-bond acceptors (Lipinski definition) is 4. The molecule has 150 valence electrons. The maximum absolute atomic E-state index is 13.6. The number of aryl methyl sites for hydroxylation is 1. The van der Waals surface area contributed by atoms with Crippen molar-refractivity contribution in [3.63, 3.8) is 0 Å². The first-order chi connectivity index (χ1) is 14.0. The topological polar surface area (TPSA) is 55.1 Å². The average Bonchev–Trinajstić information content (AvgIpc) is 3.15. The number of hydrogen-bond donors (Lipinski definition) is 1. The second-order valence-corrected chi connectivity index (χ2v) is 8.66. The molecule has 1 N–H and O–H groups in total. The van der Waals surface area contributed by atoms with Crippen LogP contribution in [0.4, 0.5) is 4.39 Å². The van der Waals surface area contributed by atoms with Crippen molar-refractivity contribution in [1.29, 1.82) is 0 Å². The Morgan fingerprint density at radius 1 is 1.28 bits per heavy atom. The number of rotatable bonds is 5. The zero-order valence-corrected chi connectivity index (χ0v) is 17.6. The maximum Gasteiger partial charge on any atom is 0.220 e. The van der Waals surface area contributed by atoms with Crippen LogP contribution in [0, 0.1) is 5.82 Å². The first kappa shape index (κ1) is 20.3. The minimum Gasteiger partial charge on any atom is -0.441 e. The molecule has 29 heavy (non-hydrogen) atoms. The fourth-order valence-electron chi connectivity index (χ4n) is 3.24. The molecule has 0 radical (unpaired) electrons. The molecule has 8 heteroatoms. The van der Waals surface area contributed by atoms with Crippen LogP contribution in [0.1, 0.15) is 30.3 Å². The van der Waals surface area contributed by atoms with Gasteiger partial charge in [-0.05, 0) is 48.4 Å². The van der Waals surface area contributed by atoms with E-state index >= 15 is 0 Å². The van der Waals surface area contributed by atoms with Crippen LogP contribution in [0.3, 0.4) is 0 Å². The molecule has 1 amide bonds. The molecule has 0 saturated heterocycles. The van der Waals surface area contributed by atoms with Crippen molar-refractivity contribution in [1.82, 2.24) is 10.3 Å². The minimum atomic E-state index is -0.293. The lowest BCUT2D eigenvalue weighted by atomic mass is 10.0. The molecule has 3 aromatic rings. The molecule has 2 heterocycles. The molecule has 1 aliphatic heterocycles. The standard InChI is InChI=1S/C21H17Cl2FN2O2S/c22-12-1-3-14(16(23)9-12)18-11-25-21(28-18)6-5-20(27)26-17-7-8-29-19-4-2-13(24)10-15(17)19/h1-4,9-11,17H,5-8H2,(H,26,27). The van der Waals surface area contributed by atoms with Gasteiger partial charge < -0.3 is 9.73 Å². The fraction of sp³-hybridized carbons (Fsp3) is 0.238. The summed E-state index contributed by atoms with van der Waals surface area (Å²) in [4.78, 5) is 17.7. The lowest BCUT2D eigenvalue weighted by molar-refractivity contribution is -0.121. The van der Waals surface area contributed by atoms with E-state index < -0.39 is 0 Å². The monoisotopic (exact) mass is 450 g/mol. The zero-order chi connectivity index (χ0) is 20.4. The van der Waals surface area contributed by atoms with Gasteiger partial charge in [0.15, 0.2) is 11.7 Å². The molecule has 0 bridgehead atoms. The number of aromatic nitrogens is 1. The van der Waals surface area contributed by atoms with E-state index in [2.05, 4.69) is 10.3 Å². The summed E-state index contributed by atoms with van der Waals surface area (Å²) in [7, 11) is 0. The Labute approximate surface area is 181 Å². The number of carbonyl (C=O) groups excluding carboxylic acids is 1. The van der Waals surface area contributed by atoms with Crippen molar-refractivity contribution in [2.24, 2.45) is 0 Å². The van der Waals surface area contributed by atoms with Crippen LogP contribution in [0.25, 0.3) is 11.3 Å². The molecule has 0 spiro atoms. The van der Waals surface area contributed by atoms with Crippen LogP contribution in [0.5, 0.6) is 0 Å². The van der Waals surface area contributed by atoms with Crippen molar-refractivity contribution >= 4 is 40.9 Å². The molecule has 4 nitrogen and oxygen atoms in total. The van der Waals surface area contributed by atoms with Crippen LogP contribution in [-0.4, -0.2) is 16.6 Å². The van der Waals surface area contributed by atoms with E-state index in [0.29, 0.717) is 33.7 Å². The van der Waals surface area contributed by atoms with Gasteiger partial charge in [-0.25, -0.2) is 9.37 Å². The number of nitrogens with zero attached hydrogens (tertiary/aromatic N) is 1. The first-order valence-electron chi connectivity index (χ1n) is 9.11. The van der Waals surface area contributed by atoms with Crippen LogP contribution in [-0.2, 0) is 11.2 Å². The van der Waals surface area contributed by atoms with Gasteiger partial charge in [-0.1, -0.05) is 23.2 Å². The van der Waals surface area contributed by atoms with Gasteiger partial charge in [-0.2, -0.15) is 0 Å². The van der Waals surface area contributed by atoms with E-state index in [4.69, 9.17) is 27.6 Å². The van der Waals surface area contributed by atoms with Crippen molar-refractivity contribution in [2.45, 2.75) is 30.2 Å². The SMILES string of the molecule is O=C(CCc1ncc(-c2ccc(Cl)cc2Cl)o1)NC1CCSc2ccc(F)cc21. The third kappa shape index (κ3) is 4.77. The van der Waals surface area contributed by atoms with Crippen LogP contribution in [0.2, 0.25) is 10.0 Å². The Morgan fingerprint density at radius 2 is 2.14 bits per heavy atom. The second-order valence-electron chi connectivity index (χ2n) is 6.68. The quantitative estimate of drug-likeness (QED) is 0.511. The van der Waals surface area contributed by atoms with Crippen LogP contribution >= 0.6 is 35.0 Å². The zero-order valence-electron chi connectivity index (χ0n) is 15.3. The Morgan fingerprint density at radius 3 is 2.97 bits per heavy atom. The summed E-state index contributed by atoms with van der Waals surface area (Å²) >= 11 is 13.8. The maximum atomic E-state index is 13.6. The van der Waals surface area contributed by atoms with Gasteiger partial charge in [-0.15, -0.1) is 11.8 Å². The van der Waals surface area contributed by atoms with Gasteiger partial charge in [-0.3, -0.25) is 4.79 Å². The largest absolute Gasteiger partial charge is 0.441 e. The van der Waals surface area contributed by atoms with E-state index in [1.165, 1.54) is 12.1 Å². The van der Waals surface area contributed by atoms with Gasteiger partial charge in [0.25, 0.3) is 0 Å². The predicted octanol–water partition coefficient (Wildman–Crippen LogP) is 6.07. The molecule has 0 fully saturated rings. The van der Waals surface area contributed by atoms with E-state index in [0.717, 1.165) is 22.6 Å². The van der Waals surface area contributed by atoms with Crippen LogP contribution in [0.15, 0.2) is 51.9 Å². The molecular formula is C21H17Cl2FN2O2S. The van der Waals surface area contributed by atoms with Crippen LogP contribution < -0.4 is 5.32 Å². The first-order valence-corrected chi connectivity index (χ1v) is 10.9. The fourth-order valence-corrected chi connectivity index (χ4v) is 4.85. The highest BCUT2D eigenvalue weighted by atomic mass is 35.5. The number of fused-ring (bicyclic) bond motifs is 1. The van der Waals surface area contributed by atoms with E-state index in [1.807, 2.05) is 0 Å². The Bertz CT molecular complexity index is 1060. The van der Waals surface area contributed by atoms with Crippen molar-refractivity contribution in [3.8, 4) is 11.3 Å². The van der Waals surface area contributed by atoms with E-state index in [1.54, 1.807) is 42.2 Å². The summed E-state index contributed by atoms with van der Waals surface area (Å²) in [6.07, 6.45) is 2.93. The predicted molar refractivity (Wildman–Crippen MR) is 113 cm³/mol. The molecule has 1 atom stereocenters. The molecule has 0 aliphatic carbocycles. The number of halogens is 3. The van der Waals surface area contributed by atoms with Gasteiger partial charge >= 0.3 is 0 Å². The lowest BCUT2D eigenvalue weighted by Crippen LogP contribution is -2.30. The molecule has 1 aromatic heterocycles. The summed E-state index contributed by atoms with van der Waals surface area (Å²) in [5, 5.41) is 4.01. The van der Waals surface area contributed by atoms with Crippen molar-refractivity contribution < 1.29 is 13.6 Å². The summed E-state index contributed by atoms with van der Waals surface area (Å²) in [6, 6.07) is 9.66. The molecular weight excluding hydrogens is 434 g/mol. The Kier molecular flexibility index (Phi) is 6.13. The number of nitrogens with one attached hydrogen (secondary N) is 1. The smallest absolute Gasteiger partial charge is 0.220 e. The minimum absolute atomic E-state index is 0.124. The summed E-state index contributed by atoms with van der Waals surface area (Å²) in [6.45, 7) is 0. The van der Waals surface area contributed by atoms with Gasteiger partial charge in [0.2, 0.25) is 5.91 Å². The van der Waals surface area contributed by atoms with Gasteiger partial charge in [0.05, 0.1) is 17.3 Å². The number of benzene rings is 2. The molecule has 1 unspecified atom stereocenters. The third-order valence-corrected chi connectivity index (χ3v) is 6.33. The normalized spacial score (nSPS) is 15.8. The molecule has 4 rings (SSSR count). The highest BCUT2D eigenvalue weighted by Crippen LogP contribution is 2.36. The average molecular weight is 451 g/mol. The third-order valence-electron chi connectivity index (χ3n) is 4.66. The summed E-state index contributed by atoms with van der Waals surface area (Å²) in [5.41, 5.74) is 1.53. The van der Waals surface area contributed by atoms with Crippen molar-refractivity contribution in [3.05, 3.63) is 69.9 Å². The molecule has 1 aliphatic rings. The summed E-state index contributed by atoms with van der Waals surface area (Å²) in [5.74, 6) is 1.44. The number of amides is 1. The van der Waals surface area contributed by atoms with E-state index in [-0.39, 0.29) is 24.2 Å².